The van der Waals surface area contributed by atoms with Crippen molar-refractivity contribution in [1.29, 1.82) is 0 Å². The number of hydrogen-bond donors (Lipinski definition) is 0. The number of fused-ring (bicyclic) bond motifs is 1. The van der Waals surface area contributed by atoms with E-state index in [1.54, 1.807) is 3.78 Å². The maximum absolute atomic E-state index is 2.44. The molecule has 0 amide bonds. The van der Waals surface area contributed by atoms with E-state index in [9.17, 15) is 0 Å². The third-order valence-corrected chi connectivity index (χ3v) is 10.00. The molecule has 0 unspecified atom stereocenters. The van der Waals surface area contributed by atoms with Gasteiger partial charge in [0.1, 0.15) is 0 Å². The van der Waals surface area contributed by atoms with Gasteiger partial charge in [0.15, 0.2) is 0 Å². The predicted molar refractivity (Wildman–Crippen MR) is 137 cm³/mol. The molecule has 0 spiro atoms. The van der Waals surface area contributed by atoms with Gasteiger partial charge < -0.3 is 17.0 Å². The van der Waals surface area contributed by atoms with Crippen LogP contribution in [0.25, 0.3) is 10.1 Å². The van der Waals surface area contributed by atoms with Gasteiger partial charge >= 0.3 is 159 Å². The molecule has 0 bridgehead atoms. The molecule has 0 saturated carbocycles. The number of thiophene rings is 1. The average molecular weight is 576 g/mol. The molecular weight excluding hydrogens is 529 g/mol. The predicted octanol–water partition coefficient (Wildman–Crippen LogP) is 5.22. The van der Waals surface area contributed by atoms with Gasteiger partial charge in [-0.25, -0.2) is 0 Å². The molecule has 0 radical (unpaired) electrons. The molecule has 31 heavy (non-hydrogen) atoms. The third-order valence-electron chi connectivity index (χ3n) is 6.10. The van der Waals surface area contributed by atoms with E-state index in [2.05, 4.69) is 42.9 Å². The minimum absolute atomic E-state index is 0. The Morgan fingerprint density at radius 2 is 1.26 bits per heavy atom. The monoisotopic (exact) mass is 575 g/mol. The number of aromatic nitrogens is 1. The van der Waals surface area contributed by atoms with Crippen LogP contribution < -0.4 is 25.3 Å². The van der Waals surface area contributed by atoms with Crippen LogP contribution in [0.1, 0.15) is 117 Å². The van der Waals surface area contributed by atoms with Crippen LogP contribution in [-0.2, 0) is 6.54 Å². The van der Waals surface area contributed by atoms with E-state index in [0.29, 0.717) is 15.0 Å². The van der Waals surface area contributed by atoms with Gasteiger partial charge in [0, 0.05) is 0 Å². The fourth-order valence-corrected chi connectivity index (χ4v) is 7.94. The Morgan fingerprint density at radius 3 is 1.77 bits per heavy atom. The summed E-state index contributed by atoms with van der Waals surface area (Å²) in [6.45, 7) is 5.57. The molecule has 0 aliphatic rings. The molecule has 0 saturated heterocycles. The van der Waals surface area contributed by atoms with Crippen LogP contribution in [0.2, 0.25) is 5.32 Å². The quantitative estimate of drug-likeness (QED) is 0.123. The first kappa shape index (κ1) is 29.1. The first-order chi connectivity index (χ1) is 14.8. The topological polar surface area (TPSA) is 3.88 Å². The number of hydrogen-bond acceptors (Lipinski definition) is 1. The SMILES string of the molecule is CCCCCCCCCCCCCCCCCC[Se]c1cc2cc[n+](CC)cc2s1.[Br-]. The van der Waals surface area contributed by atoms with Gasteiger partial charge in [0.2, 0.25) is 0 Å². The molecule has 4 heteroatoms. The van der Waals surface area contributed by atoms with Gasteiger partial charge in [0.25, 0.3) is 0 Å². The first-order valence-electron chi connectivity index (χ1n) is 12.9. The standard InChI is InChI=1S/C27H46NSSe.BrH/c1-3-5-6-7-8-9-10-11-12-13-14-15-16-17-18-19-22-30-27-23-25-20-21-28(4-2)24-26(25)29-27;/h20-21,23-24H,3-19,22H2,1-2H3;1H/q+1;/p-1. The van der Waals surface area contributed by atoms with Crippen LogP contribution in [0, 0.1) is 0 Å². The second-order valence-corrected chi connectivity index (χ2v) is 12.9. The Morgan fingerprint density at radius 1 is 0.742 bits per heavy atom. The number of halogens is 1. The fraction of sp³-hybridized carbons (Fsp3) is 0.741. The Hall–Kier alpha value is 0.109. The molecule has 1 nitrogen and oxygen atoms in total. The normalized spacial score (nSPS) is 11.2. The van der Waals surface area contributed by atoms with Crippen molar-refractivity contribution in [3.8, 4) is 0 Å². The van der Waals surface area contributed by atoms with E-state index >= 15 is 0 Å². The van der Waals surface area contributed by atoms with Crippen LogP contribution in [0.4, 0.5) is 0 Å². The Kier molecular flexibility index (Phi) is 18.4. The van der Waals surface area contributed by atoms with Crippen molar-refractivity contribution in [2.75, 3.05) is 0 Å². The van der Waals surface area contributed by atoms with Gasteiger partial charge in [-0.15, -0.1) is 0 Å². The average Bonchev–Trinajstić information content (AvgIpc) is 3.17. The van der Waals surface area contributed by atoms with E-state index in [1.165, 1.54) is 118 Å². The molecule has 2 aromatic rings. The summed E-state index contributed by atoms with van der Waals surface area (Å²) < 4.78 is 5.38. The van der Waals surface area contributed by atoms with Crippen molar-refractivity contribution < 1.29 is 21.5 Å². The van der Waals surface area contributed by atoms with E-state index in [1.807, 2.05) is 11.3 Å². The Bertz CT molecular complexity index is 672. The van der Waals surface area contributed by atoms with Gasteiger partial charge in [-0.1, -0.05) is 39.0 Å². The van der Waals surface area contributed by atoms with Crippen molar-refractivity contribution in [3.05, 3.63) is 24.5 Å². The summed E-state index contributed by atoms with van der Waals surface area (Å²) in [6, 6.07) is 4.72. The maximum Gasteiger partial charge on any atom is -1.00 e. The molecule has 2 aromatic heterocycles. The van der Waals surface area contributed by atoms with Crippen molar-refractivity contribution in [2.24, 2.45) is 0 Å². The van der Waals surface area contributed by atoms with Crippen molar-refractivity contribution in [3.63, 3.8) is 0 Å². The molecule has 0 N–H and O–H groups in total. The molecule has 0 atom stereocenters. The Labute approximate surface area is 213 Å². The van der Waals surface area contributed by atoms with Crippen LogP contribution in [-0.4, -0.2) is 15.0 Å². The van der Waals surface area contributed by atoms with Gasteiger partial charge in [0.05, 0.1) is 0 Å². The van der Waals surface area contributed by atoms with Crippen molar-refractivity contribution in [1.82, 2.24) is 0 Å². The minimum Gasteiger partial charge on any atom is -1.00 e. The van der Waals surface area contributed by atoms with Crippen molar-refractivity contribution in [2.45, 2.75) is 128 Å². The second kappa shape index (κ2) is 19.6. The fourth-order valence-electron chi connectivity index (χ4n) is 4.09. The molecular formula is C27H46BrNSSe. The molecule has 0 fully saturated rings. The number of unbranched alkanes of at least 4 members (excludes halogenated alkanes) is 15. The number of pyridine rings is 1. The second-order valence-electron chi connectivity index (χ2n) is 8.81. The van der Waals surface area contributed by atoms with E-state index in [-0.39, 0.29) is 17.0 Å². The zero-order chi connectivity index (χ0) is 21.3. The van der Waals surface area contributed by atoms with E-state index < -0.39 is 0 Å². The van der Waals surface area contributed by atoms with Gasteiger partial charge in [-0.2, -0.15) is 0 Å². The van der Waals surface area contributed by atoms with Gasteiger partial charge in [-0.3, -0.25) is 0 Å². The van der Waals surface area contributed by atoms with Crippen LogP contribution >= 0.6 is 11.3 Å². The maximum atomic E-state index is 2.44. The van der Waals surface area contributed by atoms with E-state index in [4.69, 9.17) is 0 Å². The largest absolute Gasteiger partial charge is 1.00 e. The summed E-state index contributed by atoms with van der Waals surface area (Å²) in [5.41, 5.74) is 0. The molecule has 0 aliphatic carbocycles. The van der Waals surface area contributed by atoms with Crippen LogP contribution in [0.3, 0.4) is 0 Å². The Balaban J connectivity index is 0.00000480. The molecule has 2 rings (SSSR count). The van der Waals surface area contributed by atoms with Gasteiger partial charge in [-0.05, 0) is 0 Å². The minimum atomic E-state index is 0. The summed E-state index contributed by atoms with van der Waals surface area (Å²) >= 11 is 2.70. The summed E-state index contributed by atoms with van der Waals surface area (Å²) in [5.74, 6) is 0. The molecule has 0 aromatic carbocycles. The van der Waals surface area contributed by atoms with E-state index in [0.717, 1.165) is 6.54 Å². The van der Waals surface area contributed by atoms with Crippen LogP contribution in [0.15, 0.2) is 24.5 Å². The zero-order valence-corrected chi connectivity index (χ0v) is 24.3. The number of aryl methyl sites for hydroxylation is 1. The summed E-state index contributed by atoms with van der Waals surface area (Å²) in [5, 5.41) is 2.86. The number of nitrogens with zero attached hydrogens (tertiary/aromatic N) is 1. The first-order valence-corrected chi connectivity index (χ1v) is 15.8. The van der Waals surface area contributed by atoms with Crippen LogP contribution in [0.5, 0.6) is 0 Å². The third kappa shape index (κ3) is 13.4. The molecule has 2 heterocycles. The summed E-state index contributed by atoms with van der Waals surface area (Å²) in [6.07, 6.45) is 27.9. The summed E-state index contributed by atoms with van der Waals surface area (Å²) in [7, 11) is 0. The van der Waals surface area contributed by atoms with Crippen molar-refractivity contribution >= 4 is 40.2 Å². The summed E-state index contributed by atoms with van der Waals surface area (Å²) in [4.78, 5) is 0. The number of rotatable bonds is 19. The zero-order valence-electron chi connectivity index (χ0n) is 20.2. The molecule has 0 aliphatic heterocycles. The smallest absolute Gasteiger partial charge is 1.00 e. The molecule has 178 valence electrons.